The molecule has 0 bridgehead atoms. The molecular formula is C17H31N5. The summed E-state index contributed by atoms with van der Waals surface area (Å²) in [5.41, 5.74) is 0. The molecule has 0 saturated carbocycles. The summed E-state index contributed by atoms with van der Waals surface area (Å²) in [5.74, 6) is 1.83. The highest BCUT2D eigenvalue weighted by atomic mass is 15.2. The van der Waals surface area contributed by atoms with Crippen molar-refractivity contribution < 1.29 is 0 Å². The molecule has 1 aliphatic heterocycles. The first-order valence-electron chi connectivity index (χ1n) is 8.63. The summed E-state index contributed by atoms with van der Waals surface area (Å²) in [7, 11) is 0. The third-order valence-corrected chi connectivity index (χ3v) is 4.24. The first kappa shape index (κ1) is 16.9. The third kappa shape index (κ3) is 6.10. The van der Waals surface area contributed by atoms with Gasteiger partial charge in [-0.15, -0.1) is 0 Å². The maximum atomic E-state index is 4.69. The lowest BCUT2D eigenvalue weighted by atomic mass is 9.99. The van der Waals surface area contributed by atoms with E-state index >= 15 is 0 Å². The lowest BCUT2D eigenvalue weighted by molar-refractivity contribution is 0.197. The Morgan fingerprint density at radius 2 is 1.86 bits per heavy atom. The maximum Gasteiger partial charge on any atom is 0.191 e. The minimum atomic E-state index is 0.868. The number of aromatic nitrogens is 1. The van der Waals surface area contributed by atoms with E-state index in [0.717, 1.165) is 44.6 Å². The van der Waals surface area contributed by atoms with Crippen LogP contribution < -0.4 is 10.6 Å². The first-order valence-corrected chi connectivity index (χ1v) is 8.63. The molecule has 5 nitrogen and oxygen atoms in total. The first-order chi connectivity index (χ1) is 10.8. The molecule has 124 valence electrons. The summed E-state index contributed by atoms with van der Waals surface area (Å²) in [4.78, 5) is 7.22. The molecule has 1 saturated heterocycles. The molecule has 1 fully saturated rings. The molecule has 0 radical (unpaired) electrons. The van der Waals surface area contributed by atoms with E-state index in [4.69, 9.17) is 0 Å². The molecule has 2 N–H and O–H groups in total. The van der Waals surface area contributed by atoms with Gasteiger partial charge in [-0.1, -0.05) is 6.92 Å². The number of rotatable bonds is 7. The largest absolute Gasteiger partial charge is 0.357 e. The molecule has 0 aromatic carbocycles. The van der Waals surface area contributed by atoms with Crippen LogP contribution in [0.5, 0.6) is 0 Å². The molecule has 0 spiro atoms. The van der Waals surface area contributed by atoms with Crippen molar-refractivity contribution in [1.82, 2.24) is 20.1 Å². The predicted molar refractivity (Wildman–Crippen MR) is 93.3 cm³/mol. The number of piperidine rings is 1. The highest BCUT2D eigenvalue weighted by Gasteiger charge is 2.14. The van der Waals surface area contributed by atoms with E-state index in [1.54, 1.807) is 0 Å². The van der Waals surface area contributed by atoms with Crippen LogP contribution in [0, 0.1) is 5.92 Å². The van der Waals surface area contributed by atoms with Crippen molar-refractivity contribution in [2.75, 3.05) is 39.3 Å². The van der Waals surface area contributed by atoms with Crippen molar-refractivity contribution in [1.29, 1.82) is 0 Å². The minimum Gasteiger partial charge on any atom is -0.357 e. The van der Waals surface area contributed by atoms with Gasteiger partial charge in [-0.25, -0.2) is 0 Å². The summed E-state index contributed by atoms with van der Waals surface area (Å²) < 4.78 is 2.17. The minimum absolute atomic E-state index is 0.868. The highest BCUT2D eigenvalue weighted by Crippen LogP contribution is 2.15. The van der Waals surface area contributed by atoms with Crippen LogP contribution in [-0.4, -0.2) is 54.7 Å². The Morgan fingerprint density at radius 3 is 2.55 bits per heavy atom. The van der Waals surface area contributed by atoms with E-state index in [1.165, 1.54) is 25.9 Å². The fraction of sp³-hybridized carbons (Fsp3) is 0.706. The van der Waals surface area contributed by atoms with Crippen molar-refractivity contribution in [3.8, 4) is 0 Å². The Hall–Kier alpha value is -1.49. The van der Waals surface area contributed by atoms with Gasteiger partial charge in [0.1, 0.15) is 0 Å². The molecule has 1 aliphatic rings. The Labute approximate surface area is 134 Å². The monoisotopic (exact) mass is 305 g/mol. The van der Waals surface area contributed by atoms with E-state index in [9.17, 15) is 0 Å². The molecule has 0 amide bonds. The smallest absolute Gasteiger partial charge is 0.191 e. The number of hydrogen-bond acceptors (Lipinski definition) is 2. The van der Waals surface area contributed by atoms with Gasteiger partial charge >= 0.3 is 0 Å². The number of guanidine groups is 1. The van der Waals surface area contributed by atoms with Gasteiger partial charge in [-0.2, -0.15) is 0 Å². The fourth-order valence-corrected chi connectivity index (χ4v) is 2.75. The zero-order valence-electron chi connectivity index (χ0n) is 14.1. The van der Waals surface area contributed by atoms with Crippen molar-refractivity contribution in [2.24, 2.45) is 10.9 Å². The molecule has 2 heterocycles. The summed E-state index contributed by atoms with van der Waals surface area (Å²) in [5, 5.41) is 6.72. The van der Waals surface area contributed by atoms with Crippen molar-refractivity contribution in [3.05, 3.63) is 24.5 Å². The maximum absolute atomic E-state index is 4.69. The quantitative estimate of drug-likeness (QED) is 0.596. The lowest BCUT2D eigenvalue weighted by Crippen LogP contribution is -2.40. The second kappa shape index (κ2) is 9.51. The summed E-state index contributed by atoms with van der Waals surface area (Å²) >= 11 is 0. The highest BCUT2D eigenvalue weighted by molar-refractivity contribution is 5.79. The second-order valence-electron chi connectivity index (χ2n) is 6.13. The topological polar surface area (TPSA) is 44.6 Å². The van der Waals surface area contributed by atoms with Crippen LogP contribution in [0.15, 0.2) is 29.5 Å². The van der Waals surface area contributed by atoms with Gasteiger partial charge in [0.05, 0.1) is 6.54 Å². The molecule has 1 aromatic heterocycles. The zero-order chi connectivity index (χ0) is 15.6. The van der Waals surface area contributed by atoms with Gasteiger partial charge in [-0.3, -0.25) is 4.99 Å². The van der Waals surface area contributed by atoms with Crippen LogP contribution in [0.25, 0.3) is 0 Å². The number of aliphatic imine (C=N–C) groups is 1. The van der Waals surface area contributed by atoms with Gasteiger partial charge < -0.3 is 20.1 Å². The Kier molecular flexibility index (Phi) is 7.30. The van der Waals surface area contributed by atoms with Gasteiger partial charge in [0.25, 0.3) is 0 Å². The average molecular weight is 305 g/mol. The molecule has 2 rings (SSSR count). The Bertz CT molecular complexity index is 418. The standard InChI is InChI=1S/C17H31N5/c1-3-18-17(19-8-14-21-10-4-5-11-21)20-9-15-22-12-6-16(2)7-13-22/h4-5,10-11,16H,3,6-9,12-15H2,1-2H3,(H2,18,19,20). The molecule has 22 heavy (non-hydrogen) atoms. The van der Waals surface area contributed by atoms with Crippen LogP contribution in [0.2, 0.25) is 0 Å². The SMILES string of the molecule is CCNC(=NCCN1CCC(C)CC1)NCCn1cccc1. The fourth-order valence-electron chi connectivity index (χ4n) is 2.75. The number of likely N-dealkylation sites (tertiary alicyclic amines) is 1. The molecule has 0 unspecified atom stereocenters. The second-order valence-corrected chi connectivity index (χ2v) is 6.13. The van der Waals surface area contributed by atoms with Crippen molar-refractivity contribution in [3.63, 3.8) is 0 Å². The van der Waals surface area contributed by atoms with Gasteiger partial charge in [0.15, 0.2) is 5.96 Å². The summed E-state index contributed by atoms with van der Waals surface area (Å²) in [6.07, 6.45) is 6.84. The summed E-state index contributed by atoms with van der Waals surface area (Å²) in [6.45, 7) is 11.6. The summed E-state index contributed by atoms with van der Waals surface area (Å²) in [6, 6.07) is 4.11. The van der Waals surface area contributed by atoms with Crippen LogP contribution in [0.1, 0.15) is 26.7 Å². The molecule has 5 heteroatoms. The predicted octanol–water partition coefficient (Wildman–Crippen LogP) is 1.78. The Balaban J connectivity index is 1.67. The van der Waals surface area contributed by atoms with Gasteiger partial charge in [-0.05, 0) is 50.9 Å². The van der Waals surface area contributed by atoms with Crippen LogP contribution in [0.4, 0.5) is 0 Å². The van der Waals surface area contributed by atoms with Crippen LogP contribution >= 0.6 is 0 Å². The number of hydrogen-bond donors (Lipinski definition) is 2. The Morgan fingerprint density at radius 1 is 1.14 bits per heavy atom. The van der Waals surface area contributed by atoms with Gasteiger partial charge in [0.2, 0.25) is 0 Å². The van der Waals surface area contributed by atoms with Crippen molar-refractivity contribution >= 4 is 5.96 Å². The van der Waals surface area contributed by atoms with Crippen molar-refractivity contribution in [2.45, 2.75) is 33.2 Å². The van der Waals surface area contributed by atoms with Crippen LogP contribution in [0.3, 0.4) is 0 Å². The van der Waals surface area contributed by atoms with Crippen LogP contribution in [-0.2, 0) is 6.54 Å². The number of nitrogens with one attached hydrogen (secondary N) is 2. The molecular weight excluding hydrogens is 274 g/mol. The van der Waals surface area contributed by atoms with E-state index < -0.39 is 0 Å². The number of nitrogens with zero attached hydrogens (tertiary/aromatic N) is 3. The average Bonchev–Trinajstić information content (AvgIpc) is 3.02. The third-order valence-electron chi connectivity index (χ3n) is 4.24. The molecule has 0 atom stereocenters. The van der Waals surface area contributed by atoms with Gasteiger partial charge in [0, 0.05) is 38.6 Å². The zero-order valence-corrected chi connectivity index (χ0v) is 14.1. The van der Waals surface area contributed by atoms with E-state index in [0.29, 0.717) is 0 Å². The molecule has 0 aliphatic carbocycles. The normalized spacial score (nSPS) is 17.6. The van der Waals surface area contributed by atoms with E-state index in [1.807, 2.05) is 0 Å². The van der Waals surface area contributed by atoms with E-state index in [2.05, 4.69) is 63.5 Å². The van der Waals surface area contributed by atoms with E-state index in [-0.39, 0.29) is 0 Å². The lowest BCUT2D eigenvalue weighted by Gasteiger charge is -2.29. The molecule has 1 aromatic rings.